The van der Waals surface area contributed by atoms with Crippen molar-refractivity contribution in [3.63, 3.8) is 0 Å². The van der Waals surface area contributed by atoms with E-state index in [9.17, 15) is 14.7 Å². The van der Waals surface area contributed by atoms with E-state index in [1.165, 1.54) is 28.6 Å². The van der Waals surface area contributed by atoms with Crippen molar-refractivity contribution in [1.82, 2.24) is 9.97 Å². The van der Waals surface area contributed by atoms with Gasteiger partial charge in [0.25, 0.3) is 5.91 Å². The Morgan fingerprint density at radius 1 is 1.11 bits per heavy atom. The van der Waals surface area contributed by atoms with E-state index in [-0.39, 0.29) is 17.3 Å². The Hall–Kier alpha value is -3.32. The fourth-order valence-corrected chi connectivity index (χ4v) is 3.74. The van der Waals surface area contributed by atoms with Crippen LogP contribution < -0.4 is 4.90 Å². The SMILES string of the molecule is Cc1ccc([C@H]2C(C(=O)c3cccs3)=C(O)C(=O)N2c2ncccn2)cc1. The first-order valence-electron chi connectivity index (χ1n) is 8.26. The van der Waals surface area contributed by atoms with Gasteiger partial charge in [-0.2, -0.15) is 0 Å². The van der Waals surface area contributed by atoms with E-state index in [1.807, 2.05) is 31.2 Å². The van der Waals surface area contributed by atoms with Crippen molar-refractivity contribution in [2.45, 2.75) is 13.0 Å². The van der Waals surface area contributed by atoms with E-state index in [0.29, 0.717) is 10.4 Å². The first-order chi connectivity index (χ1) is 13.1. The van der Waals surface area contributed by atoms with Gasteiger partial charge in [0.2, 0.25) is 11.7 Å². The second kappa shape index (κ2) is 6.77. The van der Waals surface area contributed by atoms with Crippen LogP contribution in [0.4, 0.5) is 5.95 Å². The number of carbonyl (C=O) groups excluding carboxylic acids is 2. The summed E-state index contributed by atoms with van der Waals surface area (Å²) >= 11 is 1.26. The molecule has 0 fully saturated rings. The topological polar surface area (TPSA) is 83.4 Å². The maximum atomic E-state index is 13.1. The second-order valence-corrected chi connectivity index (χ2v) is 7.05. The van der Waals surface area contributed by atoms with Crippen LogP contribution in [0.5, 0.6) is 0 Å². The number of nitrogens with zero attached hydrogens (tertiary/aromatic N) is 3. The van der Waals surface area contributed by atoms with Gasteiger partial charge in [0.1, 0.15) is 0 Å². The molecule has 4 rings (SSSR count). The number of aliphatic hydroxyl groups excluding tert-OH is 1. The quantitative estimate of drug-likeness (QED) is 0.702. The molecule has 0 saturated heterocycles. The first kappa shape index (κ1) is 17.1. The average molecular weight is 377 g/mol. The highest BCUT2D eigenvalue weighted by Crippen LogP contribution is 2.41. The zero-order valence-electron chi connectivity index (χ0n) is 14.4. The molecule has 1 aliphatic rings. The molecule has 1 N–H and O–H groups in total. The zero-order chi connectivity index (χ0) is 19.0. The number of Topliss-reactive ketones (excluding diaryl/α,β-unsaturated/α-hetero) is 1. The van der Waals surface area contributed by atoms with Crippen LogP contribution in [0, 0.1) is 6.92 Å². The van der Waals surface area contributed by atoms with Gasteiger partial charge in [-0.1, -0.05) is 35.9 Å². The number of carbonyl (C=O) groups is 2. The molecular formula is C20H15N3O3S. The number of thiophene rings is 1. The van der Waals surface area contributed by atoms with E-state index in [0.717, 1.165) is 5.56 Å². The summed E-state index contributed by atoms with van der Waals surface area (Å²) in [6.07, 6.45) is 3.02. The van der Waals surface area contributed by atoms with Crippen molar-refractivity contribution in [3.8, 4) is 0 Å². The van der Waals surface area contributed by atoms with Crippen LogP contribution in [0.1, 0.15) is 26.8 Å². The summed E-state index contributed by atoms with van der Waals surface area (Å²) in [7, 11) is 0. The Labute approximate surface area is 159 Å². The maximum absolute atomic E-state index is 13.1. The number of aromatic nitrogens is 2. The highest BCUT2D eigenvalue weighted by Gasteiger charge is 2.45. The van der Waals surface area contributed by atoms with Crippen molar-refractivity contribution in [2.75, 3.05) is 4.90 Å². The van der Waals surface area contributed by atoms with Crippen molar-refractivity contribution in [3.05, 3.63) is 87.6 Å². The van der Waals surface area contributed by atoms with Gasteiger partial charge in [-0.3, -0.25) is 14.5 Å². The van der Waals surface area contributed by atoms with E-state index in [1.54, 1.807) is 23.6 Å². The predicted molar refractivity (Wildman–Crippen MR) is 102 cm³/mol. The first-order valence-corrected chi connectivity index (χ1v) is 9.14. The minimum atomic E-state index is -0.796. The van der Waals surface area contributed by atoms with Gasteiger partial charge < -0.3 is 5.11 Å². The lowest BCUT2D eigenvalue weighted by Gasteiger charge is -2.24. The van der Waals surface area contributed by atoms with Crippen LogP contribution in [0.2, 0.25) is 0 Å². The lowest BCUT2D eigenvalue weighted by Crippen LogP contribution is -2.32. The van der Waals surface area contributed by atoms with Gasteiger partial charge in [0, 0.05) is 12.4 Å². The molecule has 3 aromatic rings. The number of ketones is 1. The molecule has 0 saturated carbocycles. The smallest absolute Gasteiger partial charge is 0.296 e. The van der Waals surface area contributed by atoms with Crippen LogP contribution in [0.25, 0.3) is 0 Å². The van der Waals surface area contributed by atoms with Crippen LogP contribution in [-0.4, -0.2) is 26.8 Å². The molecule has 1 aromatic carbocycles. The Kier molecular flexibility index (Phi) is 4.29. The molecule has 2 aromatic heterocycles. The van der Waals surface area contributed by atoms with Gasteiger partial charge in [-0.05, 0) is 30.0 Å². The normalized spacial score (nSPS) is 16.9. The number of rotatable bonds is 4. The van der Waals surface area contributed by atoms with Crippen LogP contribution in [0.15, 0.2) is 71.6 Å². The lowest BCUT2D eigenvalue weighted by atomic mass is 9.95. The summed E-state index contributed by atoms with van der Waals surface area (Å²) in [5.41, 5.74) is 1.79. The summed E-state index contributed by atoms with van der Waals surface area (Å²) in [6, 6.07) is 11.7. The minimum absolute atomic E-state index is 0.0405. The number of hydrogen-bond acceptors (Lipinski definition) is 6. The Morgan fingerprint density at radius 2 is 1.81 bits per heavy atom. The summed E-state index contributed by atoms with van der Waals surface area (Å²) in [6.45, 7) is 1.95. The number of aliphatic hydroxyl groups is 1. The molecule has 1 atom stereocenters. The molecule has 0 unspecified atom stereocenters. The number of amides is 1. The van der Waals surface area contributed by atoms with Gasteiger partial charge in [-0.25, -0.2) is 9.97 Å². The van der Waals surface area contributed by atoms with Gasteiger partial charge in [-0.15, -0.1) is 11.3 Å². The third kappa shape index (κ3) is 2.92. The number of aryl methyl sites for hydroxylation is 1. The molecular weight excluding hydrogens is 362 g/mol. The minimum Gasteiger partial charge on any atom is -0.503 e. The van der Waals surface area contributed by atoms with E-state index < -0.39 is 17.7 Å². The molecule has 3 heterocycles. The summed E-state index contributed by atoms with van der Waals surface area (Å²) in [5.74, 6) is -1.49. The van der Waals surface area contributed by atoms with Crippen molar-refractivity contribution < 1.29 is 14.7 Å². The number of hydrogen-bond donors (Lipinski definition) is 1. The second-order valence-electron chi connectivity index (χ2n) is 6.11. The Morgan fingerprint density at radius 3 is 2.44 bits per heavy atom. The fourth-order valence-electron chi connectivity index (χ4n) is 3.06. The molecule has 0 bridgehead atoms. The standard InChI is InChI=1S/C20H15N3O3S/c1-12-5-7-13(8-6-12)16-15(17(24)14-4-2-11-27-14)18(25)19(26)23(16)20-21-9-3-10-22-20/h2-11,16,25H,1H3/t16-/m0/s1. The van der Waals surface area contributed by atoms with E-state index >= 15 is 0 Å². The molecule has 27 heavy (non-hydrogen) atoms. The average Bonchev–Trinajstić information content (AvgIpc) is 3.31. The zero-order valence-corrected chi connectivity index (χ0v) is 15.2. The predicted octanol–water partition coefficient (Wildman–Crippen LogP) is 3.63. The van der Waals surface area contributed by atoms with E-state index in [4.69, 9.17) is 0 Å². The lowest BCUT2D eigenvalue weighted by molar-refractivity contribution is -0.117. The number of benzene rings is 1. The largest absolute Gasteiger partial charge is 0.503 e. The third-order valence-electron chi connectivity index (χ3n) is 4.36. The van der Waals surface area contributed by atoms with Gasteiger partial charge in [0.05, 0.1) is 16.5 Å². The van der Waals surface area contributed by atoms with Crippen molar-refractivity contribution in [1.29, 1.82) is 0 Å². The van der Waals surface area contributed by atoms with Crippen molar-refractivity contribution >= 4 is 29.0 Å². The fraction of sp³-hybridized carbons (Fsp3) is 0.100. The maximum Gasteiger partial charge on any atom is 0.296 e. The monoisotopic (exact) mass is 377 g/mol. The number of anilines is 1. The molecule has 0 aliphatic carbocycles. The molecule has 7 heteroatoms. The molecule has 1 amide bonds. The molecule has 0 spiro atoms. The van der Waals surface area contributed by atoms with Crippen LogP contribution in [0.3, 0.4) is 0 Å². The molecule has 1 aliphatic heterocycles. The third-order valence-corrected chi connectivity index (χ3v) is 5.23. The summed E-state index contributed by atoms with van der Waals surface area (Å²) < 4.78 is 0. The van der Waals surface area contributed by atoms with Gasteiger partial charge in [0.15, 0.2) is 5.76 Å². The Bertz CT molecular complexity index is 1030. The summed E-state index contributed by atoms with van der Waals surface area (Å²) in [4.78, 5) is 35.9. The van der Waals surface area contributed by atoms with Crippen LogP contribution in [-0.2, 0) is 4.79 Å². The highest BCUT2D eigenvalue weighted by molar-refractivity contribution is 7.12. The highest BCUT2D eigenvalue weighted by atomic mass is 32.1. The molecule has 0 radical (unpaired) electrons. The molecule has 6 nitrogen and oxygen atoms in total. The van der Waals surface area contributed by atoms with Crippen LogP contribution >= 0.6 is 11.3 Å². The van der Waals surface area contributed by atoms with Gasteiger partial charge >= 0.3 is 0 Å². The van der Waals surface area contributed by atoms with E-state index in [2.05, 4.69) is 9.97 Å². The Balaban J connectivity index is 1.88. The summed E-state index contributed by atoms with van der Waals surface area (Å²) in [5, 5.41) is 12.3. The molecule has 134 valence electrons. The van der Waals surface area contributed by atoms with Crippen molar-refractivity contribution in [2.24, 2.45) is 0 Å².